The van der Waals surface area contributed by atoms with Gasteiger partial charge in [-0.2, -0.15) is 10.1 Å². The Morgan fingerprint density at radius 1 is 1.35 bits per heavy atom. The Morgan fingerprint density at radius 3 is 2.71 bits per heavy atom. The van der Waals surface area contributed by atoms with Crippen molar-refractivity contribution in [2.75, 3.05) is 11.6 Å². The van der Waals surface area contributed by atoms with Gasteiger partial charge in [-0.1, -0.05) is 18.2 Å². The lowest BCUT2D eigenvalue weighted by Gasteiger charge is -2.10. The van der Waals surface area contributed by atoms with Crippen LogP contribution in [0.4, 0.5) is 5.69 Å². The van der Waals surface area contributed by atoms with Crippen LogP contribution in [0, 0.1) is 6.42 Å². The number of anilines is 1. The number of carbonyl (C=O) groups excluding carboxylic acids is 2. The average Bonchev–Trinajstić information content (AvgIpc) is 2.73. The SMILES string of the molecule is CCOC(=O)C1=NN(c2ccccc2)C(=O)[CH]1. The molecule has 5 heteroatoms. The first-order valence-corrected chi connectivity index (χ1v) is 5.22. The molecular weight excluding hydrogens is 220 g/mol. The van der Waals surface area contributed by atoms with Crippen LogP contribution in [0.15, 0.2) is 35.4 Å². The summed E-state index contributed by atoms with van der Waals surface area (Å²) in [5, 5.41) is 5.10. The molecule has 0 atom stereocenters. The van der Waals surface area contributed by atoms with Gasteiger partial charge in [0, 0.05) is 0 Å². The highest BCUT2D eigenvalue weighted by molar-refractivity contribution is 6.48. The number of esters is 1. The molecule has 1 aromatic carbocycles. The molecule has 0 unspecified atom stereocenters. The van der Waals surface area contributed by atoms with Crippen molar-refractivity contribution in [1.82, 2.24) is 0 Å². The van der Waals surface area contributed by atoms with E-state index in [2.05, 4.69) is 5.10 Å². The molecule has 0 spiro atoms. The van der Waals surface area contributed by atoms with Crippen molar-refractivity contribution < 1.29 is 14.3 Å². The molecule has 0 N–H and O–H groups in total. The molecular formula is C12H11N2O3. The number of carbonyl (C=O) groups is 2. The van der Waals surface area contributed by atoms with Gasteiger partial charge in [-0.25, -0.2) is 4.79 Å². The van der Waals surface area contributed by atoms with Gasteiger partial charge in [0.25, 0.3) is 5.91 Å². The number of hydrogen-bond donors (Lipinski definition) is 0. The number of amides is 1. The zero-order chi connectivity index (χ0) is 12.3. The number of rotatable bonds is 3. The Labute approximate surface area is 98.7 Å². The van der Waals surface area contributed by atoms with Gasteiger partial charge in [-0.05, 0) is 19.1 Å². The Morgan fingerprint density at radius 2 is 2.06 bits per heavy atom. The van der Waals surface area contributed by atoms with Crippen LogP contribution >= 0.6 is 0 Å². The van der Waals surface area contributed by atoms with Crippen molar-refractivity contribution in [2.24, 2.45) is 5.10 Å². The fourth-order valence-electron chi connectivity index (χ4n) is 1.42. The van der Waals surface area contributed by atoms with Crippen molar-refractivity contribution in [3.8, 4) is 0 Å². The molecule has 17 heavy (non-hydrogen) atoms. The van der Waals surface area contributed by atoms with Crippen LogP contribution < -0.4 is 5.01 Å². The first kappa shape index (κ1) is 11.3. The first-order valence-electron chi connectivity index (χ1n) is 5.22. The molecule has 5 nitrogen and oxygen atoms in total. The second kappa shape index (κ2) is 4.78. The molecule has 1 heterocycles. The molecule has 0 fully saturated rings. The van der Waals surface area contributed by atoms with Crippen LogP contribution in [0.2, 0.25) is 0 Å². The van der Waals surface area contributed by atoms with Crippen LogP contribution in [0.3, 0.4) is 0 Å². The summed E-state index contributed by atoms with van der Waals surface area (Å²) < 4.78 is 4.78. The second-order valence-corrected chi connectivity index (χ2v) is 3.34. The van der Waals surface area contributed by atoms with Crippen molar-refractivity contribution >= 4 is 23.3 Å². The monoisotopic (exact) mass is 231 g/mol. The third-order valence-electron chi connectivity index (χ3n) is 2.16. The average molecular weight is 231 g/mol. The molecule has 0 aliphatic carbocycles. The summed E-state index contributed by atoms with van der Waals surface area (Å²) in [7, 11) is 0. The standard InChI is InChI=1S/C12H11N2O3/c1-2-17-12(16)10-8-11(15)14(13-10)9-6-4-3-5-7-9/h3-8H,2H2,1H3. The summed E-state index contributed by atoms with van der Waals surface area (Å²) in [6.45, 7) is 1.95. The quantitative estimate of drug-likeness (QED) is 0.733. The van der Waals surface area contributed by atoms with Crippen LogP contribution in [0.1, 0.15) is 6.92 Å². The number of nitrogens with zero attached hydrogens (tertiary/aromatic N) is 2. The number of hydrogen-bond acceptors (Lipinski definition) is 4. The van der Waals surface area contributed by atoms with E-state index in [0.717, 1.165) is 0 Å². The molecule has 1 aliphatic heterocycles. The smallest absolute Gasteiger partial charge is 0.355 e. The van der Waals surface area contributed by atoms with Crippen LogP contribution in [-0.2, 0) is 14.3 Å². The first-order chi connectivity index (χ1) is 8.22. The Balaban J connectivity index is 2.20. The lowest BCUT2D eigenvalue weighted by Crippen LogP contribution is -2.20. The predicted octanol–water partition coefficient (Wildman–Crippen LogP) is 1.16. The van der Waals surface area contributed by atoms with Crippen molar-refractivity contribution in [1.29, 1.82) is 0 Å². The summed E-state index contributed by atoms with van der Waals surface area (Å²) >= 11 is 0. The number of para-hydroxylation sites is 1. The minimum Gasteiger partial charge on any atom is -0.461 e. The van der Waals surface area contributed by atoms with Gasteiger partial charge in [-0.15, -0.1) is 0 Å². The zero-order valence-corrected chi connectivity index (χ0v) is 9.29. The third kappa shape index (κ3) is 2.33. The van der Waals surface area contributed by atoms with E-state index < -0.39 is 5.97 Å². The highest BCUT2D eigenvalue weighted by atomic mass is 16.5. The molecule has 87 valence electrons. The fourth-order valence-corrected chi connectivity index (χ4v) is 1.42. The topological polar surface area (TPSA) is 59.0 Å². The largest absolute Gasteiger partial charge is 0.461 e. The van der Waals surface area contributed by atoms with E-state index in [4.69, 9.17) is 4.74 Å². The summed E-state index contributed by atoms with van der Waals surface area (Å²) in [4.78, 5) is 23.0. The van der Waals surface area contributed by atoms with Gasteiger partial charge in [0.2, 0.25) is 0 Å². The Kier molecular flexibility index (Phi) is 3.18. The van der Waals surface area contributed by atoms with Crippen LogP contribution in [0.25, 0.3) is 0 Å². The summed E-state index contributed by atoms with van der Waals surface area (Å²) in [6, 6.07) is 8.90. The highest BCUT2D eigenvalue weighted by Crippen LogP contribution is 2.19. The molecule has 0 saturated carbocycles. The maximum absolute atomic E-state index is 11.6. The van der Waals surface area contributed by atoms with Crippen molar-refractivity contribution in [3.05, 3.63) is 36.8 Å². The summed E-state index contributed by atoms with van der Waals surface area (Å²) in [6.07, 6.45) is 1.17. The predicted molar refractivity (Wildman–Crippen MR) is 62.3 cm³/mol. The number of ether oxygens (including phenoxy) is 1. The van der Waals surface area contributed by atoms with Crippen LogP contribution in [-0.4, -0.2) is 24.2 Å². The third-order valence-corrected chi connectivity index (χ3v) is 2.16. The molecule has 1 amide bonds. The second-order valence-electron chi connectivity index (χ2n) is 3.34. The normalized spacial score (nSPS) is 14.8. The van der Waals surface area contributed by atoms with Gasteiger partial charge in [0.05, 0.1) is 12.3 Å². The summed E-state index contributed by atoms with van der Waals surface area (Å²) in [5.74, 6) is -0.932. The van der Waals surface area contributed by atoms with E-state index in [1.807, 2.05) is 6.07 Å². The van der Waals surface area contributed by atoms with E-state index in [0.29, 0.717) is 5.69 Å². The molecule has 1 aliphatic rings. The minimum atomic E-state index is -0.584. The molecule has 2 rings (SSSR count). The van der Waals surface area contributed by atoms with Crippen molar-refractivity contribution in [2.45, 2.75) is 6.92 Å². The zero-order valence-electron chi connectivity index (χ0n) is 9.29. The molecule has 1 aromatic rings. The van der Waals surface area contributed by atoms with Crippen LogP contribution in [0.5, 0.6) is 0 Å². The highest BCUT2D eigenvalue weighted by Gasteiger charge is 2.30. The van der Waals surface area contributed by atoms with Crippen molar-refractivity contribution in [3.63, 3.8) is 0 Å². The molecule has 1 radical (unpaired) electrons. The lowest BCUT2D eigenvalue weighted by atomic mass is 10.2. The maximum Gasteiger partial charge on any atom is 0.355 e. The van der Waals surface area contributed by atoms with E-state index >= 15 is 0 Å². The molecule has 0 saturated heterocycles. The Hall–Kier alpha value is -2.17. The van der Waals surface area contributed by atoms with E-state index in [9.17, 15) is 9.59 Å². The van der Waals surface area contributed by atoms with Gasteiger partial charge in [-0.3, -0.25) is 4.79 Å². The molecule has 0 aromatic heterocycles. The van der Waals surface area contributed by atoms with Gasteiger partial charge >= 0.3 is 5.97 Å². The number of benzene rings is 1. The van der Waals surface area contributed by atoms with Gasteiger partial charge in [0.1, 0.15) is 6.42 Å². The maximum atomic E-state index is 11.6. The van der Waals surface area contributed by atoms with E-state index in [-0.39, 0.29) is 18.2 Å². The lowest BCUT2D eigenvalue weighted by molar-refractivity contribution is -0.135. The number of hydrazone groups is 1. The fraction of sp³-hybridized carbons (Fsp3) is 0.167. The van der Waals surface area contributed by atoms with E-state index in [1.165, 1.54) is 11.4 Å². The van der Waals surface area contributed by atoms with Gasteiger partial charge < -0.3 is 4.74 Å². The van der Waals surface area contributed by atoms with Gasteiger partial charge in [0.15, 0.2) is 5.71 Å². The van der Waals surface area contributed by atoms with E-state index in [1.54, 1.807) is 31.2 Å². The Bertz CT molecular complexity index is 468. The summed E-state index contributed by atoms with van der Waals surface area (Å²) in [5.41, 5.74) is 0.647. The minimum absolute atomic E-state index is 0.0284. The molecule has 0 bridgehead atoms.